The highest BCUT2D eigenvalue weighted by Crippen LogP contribution is 2.23. The Hall–Kier alpha value is -1.82. The van der Waals surface area contributed by atoms with Gasteiger partial charge in [-0.1, -0.05) is 0 Å². The van der Waals surface area contributed by atoms with E-state index in [0.717, 1.165) is 12.8 Å². The summed E-state index contributed by atoms with van der Waals surface area (Å²) < 4.78 is 0. The van der Waals surface area contributed by atoms with Crippen LogP contribution in [0.25, 0.3) is 0 Å². The first-order valence-electron chi connectivity index (χ1n) is 5.49. The van der Waals surface area contributed by atoms with E-state index in [1.807, 2.05) is 6.07 Å². The molecule has 0 bridgehead atoms. The molecule has 6 heteroatoms. The summed E-state index contributed by atoms with van der Waals surface area (Å²) in [7, 11) is 1.72. The fourth-order valence-electron chi connectivity index (χ4n) is 1.43. The largest absolute Gasteiger partial charge is 0.396 e. The number of unbranched alkanes of at least 4 members (excludes halogenated alkanes) is 1. The summed E-state index contributed by atoms with van der Waals surface area (Å²) in [6, 6.07) is 4.80. The minimum Gasteiger partial charge on any atom is -0.396 e. The van der Waals surface area contributed by atoms with E-state index in [9.17, 15) is 10.1 Å². The van der Waals surface area contributed by atoms with Gasteiger partial charge in [-0.3, -0.25) is 10.1 Å². The predicted molar refractivity (Wildman–Crippen MR) is 67.5 cm³/mol. The average molecular weight is 239 g/mol. The van der Waals surface area contributed by atoms with Gasteiger partial charge in [0.25, 0.3) is 5.69 Å². The lowest BCUT2D eigenvalue weighted by molar-refractivity contribution is -0.384. The van der Waals surface area contributed by atoms with Gasteiger partial charge in [-0.2, -0.15) is 0 Å². The van der Waals surface area contributed by atoms with Crippen LogP contribution in [0.2, 0.25) is 0 Å². The molecule has 1 aromatic carbocycles. The average Bonchev–Trinajstić information content (AvgIpc) is 2.34. The molecule has 94 valence electrons. The van der Waals surface area contributed by atoms with Crippen molar-refractivity contribution in [3.8, 4) is 0 Å². The first kappa shape index (κ1) is 13.2. The van der Waals surface area contributed by atoms with Crippen molar-refractivity contribution in [1.82, 2.24) is 0 Å². The molecule has 0 aliphatic carbocycles. The van der Waals surface area contributed by atoms with Gasteiger partial charge in [-0.15, -0.1) is 0 Å². The minimum absolute atomic E-state index is 0.0570. The molecule has 0 spiro atoms. The Labute approximate surface area is 99.8 Å². The maximum Gasteiger partial charge on any atom is 0.273 e. The number of hydrogen-bond donors (Lipinski definition) is 3. The van der Waals surface area contributed by atoms with Crippen LogP contribution in [-0.2, 0) is 0 Å². The zero-order chi connectivity index (χ0) is 12.7. The molecule has 0 saturated heterocycles. The van der Waals surface area contributed by atoms with Crippen LogP contribution in [0, 0.1) is 10.1 Å². The van der Waals surface area contributed by atoms with Gasteiger partial charge < -0.3 is 15.7 Å². The highest BCUT2D eigenvalue weighted by atomic mass is 16.6. The Morgan fingerprint density at radius 3 is 2.59 bits per heavy atom. The van der Waals surface area contributed by atoms with E-state index in [-0.39, 0.29) is 12.3 Å². The van der Waals surface area contributed by atoms with E-state index in [1.165, 1.54) is 12.1 Å². The third-order valence-electron chi connectivity index (χ3n) is 2.33. The Bertz CT molecular complexity index is 382. The molecule has 6 nitrogen and oxygen atoms in total. The molecule has 0 saturated carbocycles. The molecule has 0 fully saturated rings. The Morgan fingerprint density at radius 1 is 1.29 bits per heavy atom. The van der Waals surface area contributed by atoms with Crippen LogP contribution in [0.1, 0.15) is 12.8 Å². The second-order valence-electron chi connectivity index (χ2n) is 3.63. The summed E-state index contributed by atoms with van der Waals surface area (Å²) in [6.45, 7) is 0.850. The third-order valence-corrected chi connectivity index (χ3v) is 2.33. The van der Waals surface area contributed by atoms with E-state index >= 15 is 0 Å². The highest BCUT2D eigenvalue weighted by molar-refractivity contribution is 5.63. The predicted octanol–water partition coefficient (Wildman–Crippen LogP) is 1.82. The lowest BCUT2D eigenvalue weighted by atomic mass is 10.2. The summed E-state index contributed by atoms with van der Waals surface area (Å²) in [4.78, 5) is 10.3. The Balaban J connectivity index is 2.70. The van der Waals surface area contributed by atoms with Crippen molar-refractivity contribution in [3.63, 3.8) is 0 Å². The van der Waals surface area contributed by atoms with E-state index in [0.29, 0.717) is 17.9 Å². The number of aliphatic hydroxyl groups is 1. The van der Waals surface area contributed by atoms with Gasteiger partial charge in [0.2, 0.25) is 0 Å². The molecular formula is C11H17N3O3. The normalized spacial score (nSPS) is 10.0. The zero-order valence-corrected chi connectivity index (χ0v) is 9.77. The van der Waals surface area contributed by atoms with Gasteiger partial charge in [-0.05, 0) is 18.9 Å². The molecule has 0 unspecified atom stereocenters. The molecule has 0 aliphatic heterocycles. The van der Waals surface area contributed by atoms with Gasteiger partial charge >= 0.3 is 0 Å². The topological polar surface area (TPSA) is 87.4 Å². The molecule has 0 radical (unpaired) electrons. The first-order chi connectivity index (χ1) is 8.17. The van der Waals surface area contributed by atoms with Crippen molar-refractivity contribution in [3.05, 3.63) is 28.3 Å². The lowest BCUT2D eigenvalue weighted by Crippen LogP contribution is -2.03. The maximum absolute atomic E-state index is 10.7. The maximum atomic E-state index is 10.7. The molecule has 1 aromatic rings. The summed E-state index contributed by atoms with van der Waals surface area (Å²) in [6.07, 6.45) is 1.55. The molecule has 17 heavy (non-hydrogen) atoms. The monoisotopic (exact) mass is 239 g/mol. The van der Waals surface area contributed by atoms with Gasteiger partial charge in [-0.25, -0.2) is 0 Å². The molecule has 1 rings (SSSR count). The van der Waals surface area contributed by atoms with Crippen LogP contribution in [0.4, 0.5) is 17.1 Å². The Kier molecular flexibility index (Phi) is 5.22. The number of nitrogens with one attached hydrogen (secondary N) is 2. The number of non-ortho nitro benzene ring substituents is 1. The number of aliphatic hydroxyl groups excluding tert-OH is 1. The second-order valence-corrected chi connectivity index (χ2v) is 3.63. The summed E-state index contributed by atoms with van der Waals surface area (Å²) in [5.74, 6) is 0. The molecule has 0 heterocycles. The number of benzene rings is 1. The molecular weight excluding hydrogens is 222 g/mol. The summed E-state index contributed by atoms with van der Waals surface area (Å²) in [5, 5.41) is 25.3. The SMILES string of the molecule is CNc1cc(NCCCCO)cc([N+](=O)[O-])c1. The van der Waals surface area contributed by atoms with Crippen molar-refractivity contribution in [2.45, 2.75) is 12.8 Å². The van der Waals surface area contributed by atoms with Crippen molar-refractivity contribution in [2.75, 3.05) is 30.8 Å². The van der Waals surface area contributed by atoms with Gasteiger partial charge in [0.1, 0.15) is 0 Å². The highest BCUT2D eigenvalue weighted by Gasteiger charge is 2.08. The van der Waals surface area contributed by atoms with E-state index < -0.39 is 4.92 Å². The van der Waals surface area contributed by atoms with Crippen molar-refractivity contribution in [2.24, 2.45) is 0 Å². The molecule has 0 aliphatic rings. The number of nitro benzene ring substituents is 1. The van der Waals surface area contributed by atoms with Crippen molar-refractivity contribution < 1.29 is 10.0 Å². The van der Waals surface area contributed by atoms with Crippen LogP contribution in [-0.4, -0.2) is 30.2 Å². The molecule has 3 N–H and O–H groups in total. The number of anilines is 2. The number of nitro groups is 1. The molecule has 0 atom stereocenters. The number of hydrogen-bond acceptors (Lipinski definition) is 5. The van der Waals surface area contributed by atoms with Gasteiger partial charge in [0.15, 0.2) is 0 Å². The summed E-state index contributed by atoms with van der Waals surface area (Å²) in [5.41, 5.74) is 1.46. The number of nitrogens with zero attached hydrogens (tertiary/aromatic N) is 1. The molecule has 0 aromatic heterocycles. The van der Waals surface area contributed by atoms with E-state index in [2.05, 4.69) is 10.6 Å². The smallest absolute Gasteiger partial charge is 0.273 e. The van der Waals surface area contributed by atoms with Gasteiger partial charge in [0, 0.05) is 43.7 Å². The fourth-order valence-corrected chi connectivity index (χ4v) is 1.43. The van der Waals surface area contributed by atoms with Crippen LogP contribution in [0.5, 0.6) is 0 Å². The van der Waals surface area contributed by atoms with E-state index in [1.54, 1.807) is 7.05 Å². The first-order valence-corrected chi connectivity index (χ1v) is 5.49. The third kappa shape index (κ3) is 4.28. The van der Waals surface area contributed by atoms with Crippen LogP contribution >= 0.6 is 0 Å². The zero-order valence-electron chi connectivity index (χ0n) is 9.77. The quantitative estimate of drug-likeness (QED) is 0.384. The lowest BCUT2D eigenvalue weighted by Gasteiger charge is -2.08. The standard InChI is InChI=1S/C11H17N3O3/c1-12-9-6-10(13-4-2-3-5-15)8-11(7-9)14(16)17/h6-8,12-13,15H,2-5H2,1H3. The fraction of sp³-hybridized carbons (Fsp3) is 0.455. The van der Waals surface area contributed by atoms with Crippen molar-refractivity contribution >= 4 is 17.1 Å². The second kappa shape index (κ2) is 6.70. The molecule has 0 amide bonds. The van der Waals surface area contributed by atoms with Gasteiger partial charge in [0.05, 0.1) is 4.92 Å². The van der Waals surface area contributed by atoms with Crippen LogP contribution in [0.15, 0.2) is 18.2 Å². The van der Waals surface area contributed by atoms with E-state index in [4.69, 9.17) is 5.11 Å². The number of rotatable bonds is 7. The summed E-state index contributed by atoms with van der Waals surface area (Å²) >= 11 is 0. The van der Waals surface area contributed by atoms with Crippen LogP contribution < -0.4 is 10.6 Å². The Morgan fingerprint density at radius 2 is 2.00 bits per heavy atom. The van der Waals surface area contributed by atoms with Crippen LogP contribution in [0.3, 0.4) is 0 Å². The van der Waals surface area contributed by atoms with Crippen molar-refractivity contribution in [1.29, 1.82) is 0 Å². The minimum atomic E-state index is -0.417.